The smallest absolute Gasteiger partial charge is 0.307 e. The van der Waals surface area contributed by atoms with Crippen molar-refractivity contribution in [3.8, 4) is 0 Å². The van der Waals surface area contributed by atoms with Crippen LogP contribution < -0.4 is 5.32 Å². The molecule has 2 unspecified atom stereocenters. The Morgan fingerprint density at radius 2 is 1.94 bits per heavy atom. The Kier molecular flexibility index (Phi) is 5.05. The molecule has 16 heavy (non-hydrogen) atoms. The van der Waals surface area contributed by atoms with Gasteiger partial charge in [0.15, 0.2) is 0 Å². The first-order chi connectivity index (χ1) is 7.38. The molecule has 0 spiro atoms. The normalized spacial score (nSPS) is 28.3. The SMILES string of the molecule is CC1CCN(CCNCC(F)(F)F)CC1C. The second-order valence-corrected chi connectivity index (χ2v) is 4.84. The number of halogens is 3. The summed E-state index contributed by atoms with van der Waals surface area (Å²) >= 11 is 0. The first kappa shape index (κ1) is 13.8. The van der Waals surface area contributed by atoms with Crippen molar-refractivity contribution in [1.29, 1.82) is 0 Å². The highest BCUT2D eigenvalue weighted by molar-refractivity contribution is 4.75. The Balaban J connectivity index is 2.10. The molecule has 1 aliphatic rings. The maximum atomic E-state index is 11.9. The number of nitrogens with one attached hydrogen (secondary N) is 1. The number of piperidine rings is 1. The Morgan fingerprint density at radius 1 is 1.25 bits per heavy atom. The van der Waals surface area contributed by atoms with Crippen molar-refractivity contribution in [3.63, 3.8) is 0 Å². The maximum absolute atomic E-state index is 11.9. The summed E-state index contributed by atoms with van der Waals surface area (Å²) in [5.74, 6) is 1.38. The van der Waals surface area contributed by atoms with Gasteiger partial charge < -0.3 is 10.2 Å². The third-order valence-electron chi connectivity index (χ3n) is 3.35. The molecule has 0 radical (unpaired) electrons. The van der Waals surface area contributed by atoms with E-state index in [0.29, 0.717) is 19.0 Å². The van der Waals surface area contributed by atoms with Crippen LogP contribution in [0.15, 0.2) is 0 Å². The third kappa shape index (κ3) is 5.16. The number of nitrogens with zero attached hydrogens (tertiary/aromatic N) is 1. The summed E-state index contributed by atoms with van der Waals surface area (Å²) < 4.78 is 35.6. The van der Waals surface area contributed by atoms with Crippen molar-refractivity contribution in [2.24, 2.45) is 11.8 Å². The predicted octanol–water partition coefficient (Wildman–Crippen LogP) is 2.12. The van der Waals surface area contributed by atoms with Crippen LogP contribution in [0.3, 0.4) is 0 Å². The summed E-state index contributed by atoms with van der Waals surface area (Å²) in [6.07, 6.45) is -2.94. The molecule has 5 heteroatoms. The highest BCUT2D eigenvalue weighted by Gasteiger charge is 2.26. The second-order valence-electron chi connectivity index (χ2n) is 4.84. The fraction of sp³-hybridized carbons (Fsp3) is 1.00. The number of hydrogen-bond donors (Lipinski definition) is 1. The minimum Gasteiger partial charge on any atom is -0.307 e. The number of rotatable bonds is 4. The molecule has 96 valence electrons. The molecule has 1 fully saturated rings. The van der Waals surface area contributed by atoms with Gasteiger partial charge in [0, 0.05) is 19.6 Å². The summed E-state index contributed by atoms with van der Waals surface area (Å²) in [6, 6.07) is 0. The molecule has 0 aliphatic carbocycles. The van der Waals surface area contributed by atoms with Crippen LogP contribution in [0.4, 0.5) is 13.2 Å². The highest BCUT2D eigenvalue weighted by Crippen LogP contribution is 2.21. The van der Waals surface area contributed by atoms with Crippen LogP contribution in [-0.4, -0.2) is 43.8 Å². The molecule has 0 aromatic heterocycles. The molecule has 1 heterocycles. The van der Waals surface area contributed by atoms with E-state index in [1.165, 1.54) is 0 Å². The van der Waals surface area contributed by atoms with Gasteiger partial charge in [0.1, 0.15) is 0 Å². The van der Waals surface area contributed by atoms with Crippen molar-refractivity contribution >= 4 is 0 Å². The minimum absolute atomic E-state index is 0.417. The fourth-order valence-corrected chi connectivity index (χ4v) is 2.02. The molecule has 1 N–H and O–H groups in total. The lowest BCUT2D eigenvalue weighted by Crippen LogP contribution is -2.42. The number of hydrogen-bond acceptors (Lipinski definition) is 2. The van der Waals surface area contributed by atoms with Crippen molar-refractivity contribution in [2.75, 3.05) is 32.7 Å². The lowest BCUT2D eigenvalue weighted by Gasteiger charge is -2.35. The van der Waals surface area contributed by atoms with E-state index < -0.39 is 12.7 Å². The van der Waals surface area contributed by atoms with E-state index in [2.05, 4.69) is 24.1 Å². The van der Waals surface area contributed by atoms with Gasteiger partial charge in [-0.3, -0.25) is 0 Å². The zero-order valence-electron chi connectivity index (χ0n) is 9.98. The van der Waals surface area contributed by atoms with Crippen LogP contribution in [0.5, 0.6) is 0 Å². The van der Waals surface area contributed by atoms with E-state index in [1.807, 2.05) is 0 Å². The van der Waals surface area contributed by atoms with Crippen LogP contribution in [0.1, 0.15) is 20.3 Å². The van der Waals surface area contributed by atoms with Gasteiger partial charge in [0.2, 0.25) is 0 Å². The Morgan fingerprint density at radius 3 is 2.50 bits per heavy atom. The molecule has 1 aliphatic heterocycles. The third-order valence-corrected chi connectivity index (χ3v) is 3.35. The van der Waals surface area contributed by atoms with Crippen molar-refractivity contribution in [1.82, 2.24) is 10.2 Å². The average molecular weight is 238 g/mol. The molecule has 0 amide bonds. The number of alkyl halides is 3. The molecule has 0 aromatic rings. The van der Waals surface area contributed by atoms with E-state index in [9.17, 15) is 13.2 Å². The van der Waals surface area contributed by atoms with Gasteiger partial charge in [-0.05, 0) is 24.8 Å². The van der Waals surface area contributed by atoms with Gasteiger partial charge in [-0.2, -0.15) is 13.2 Å². The van der Waals surface area contributed by atoms with Gasteiger partial charge in [-0.15, -0.1) is 0 Å². The molecular weight excluding hydrogens is 217 g/mol. The number of likely N-dealkylation sites (tertiary alicyclic amines) is 1. The van der Waals surface area contributed by atoms with Gasteiger partial charge >= 0.3 is 6.18 Å². The van der Waals surface area contributed by atoms with Crippen molar-refractivity contribution in [2.45, 2.75) is 26.4 Å². The summed E-state index contributed by atoms with van der Waals surface area (Å²) in [5, 5.41) is 2.43. The first-order valence-electron chi connectivity index (χ1n) is 5.88. The molecule has 0 aromatic carbocycles. The van der Waals surface area contributed by atoms with Crippen molar-refractivity contribution < 1.29 is 13.2 Å². The van der Waals surface area contributed by atoms with E-state index in [1.54, 1.807) is 0 Å². The van der Waals surface area contributed by atoms with E-state index in [-0.39, 0.29) is 0 Å². The second kappa shape index (κ2) is 5.87. The summed E-state index contributed by atoms with van der Waals surface area (Å²) in [4.78, 5) is 2.24. The largest absolute Gasteiger partial charge is 0.401 e. The van der Waals surface area contributed by atoms with E-state index >= 15 is 0 Å². The Hall–Kier alpha value is -0.290. The fourth-order valence-electron chi connectivity index (χ4n) is 2.02. The molecule has 0 bridgehead atoms. The van der Waals surface area contributed by atoms with Gasteiger partial charge in [-0.25, -0.2) is 0 Å². The lowest BCUT2D eigenvalue weighted by molar-refractivity contribution is -0.124. The average Bonchev–Trinajstić information content (AvgIpc) is 2.17. The van der Waals surface area contributed by atoms with Crippen molar-refractivity contribution in [3.05, 3.63) is 0 Å². The van der Waals surface area contributed by atoms with Crippen LogP contribution in [0, 0.1) is 11.8 Å². The van der Waals surface area contributed by atoms with Gasteiger partial charge in [-0.1, -0.05) is 13.8 Å². The van der Waals surface area contributed by atoms with Gasteiger partial charge in [0.25, 0.3) is 0 Å². The van der Waals surface area contributed by atoms with Crippen LogP contribution in [0.25, 0.3) is 0 Å². The lowest BCUT2D eigenvalue weighted by atomic mass is 9.89. The Bertz CT molecular complexity index is 206. The monoisotopic (exact) mass is 238 g/mol. The molecule has 0 saturated carbocycles. The standard InChI is InChI=1S/C11H21F3N2/c1-9-3-5-16(7-10(9)2)6-4-15-8-11(12,13)14/h9-10,15H,3-8H2,1-2H3. The summed E-state index contributed by atoms with van der Waals surface area (Å²) in [5.41, 5.74) is 0. The van der Waals surface area contributed by atoms with E-state index in [0.717, 1.165) is 25.4 Å². The van der Waals surface area contributed by atoms with Crippen LogP contribution in [-0.2, 0) is 0 Å². The summed E-state index contributed by atoms with van der Waals surface area (Å²) in [6.45, 7) is 6.72. The Labute approximate surface area is 95.2 Å². The molecule has 2 atom stereocenters. The molecule has 1 saturated heterocycles. The molecule has 1 rings (SSSR count). The quantitative estimate of drug-likeness (QED) is 0.755. The molecular formula is C11H21F3N2. The minimum atomic E-state index is -4.09. The zero-order chi connectivity index (χ0) is 12.2. The maximum Gasteiger partial charge on any atom is 0.401 e. The van der Waals surface area contributed by atoms with Crippen LogP contribution >= 0.6 is 0 Å². The highest BCUT2D eigenvalue weighted by atomic mass is 19.4. The topological polar surface area (TPSA) is 15.3 Å². The van der Waals surface area contributed by atoms with E-state index in [4.69, 9.17) is 0 Å². The summed E-state index contributed by atoms with van der Waals surface area (Å²) in [7, 11) is 0. The van der Waals surface area contributed by atoms with Crippen LogP contribution in [0.2, 0.25) is 0 Å². The van der Waals surface area contributed by atoms with Gasteiger partial charge in [0.05, 0.1) is 6.54 Å². The zero-order valence-corrected chi connectivity index (χ0v) is 9.98. The predicted molar refractivity (Wildman–Crippen MR) is 58.3 cm³/mol. The first-order valence-corrected chi connectivity index (χ1v) is 5.88. The molecule has 2 nitrogen and oxygen atoms in total.